The third-order valence-corrected chi connectivity index (χ3v) is 2.89. The topological polar surface area (TPSA) is 43.4 Å². The third-order valence-electron chi connectivity index (χ3n) is 2.02. The minimum Gasteiger partial charge on any atom is -0.466 e. The number of halogens is 1. The summed E-state index contributed by atoms with van der Waals surface area (Å²) in [5.41, 5.74) is 0.659. The van der Waals surface area contributed by atoms with E-state index in [4.69, 9.17) is 4.74 Å². The normalized spacial score (nSPS) is 11.9. The zero-order valence-corrected chi connectivity index (χ0v) is 10.6. The van der Waals surface area contributed by atoms with E-state index >= 15 is 0 Å². The molecule has 1 aromatic carbocycles. The summed E-state index contributed by atoms with van der Waals surface area (Å²) in [6.07, 6.45) is 0.479. The molecule has 1 atom stereocenters. The minimum absolute atomic E-state index is 0.00718. The van der Waals surface area contributed by atoms with E-state index in [9.17, 15) is 9.59 Å². The molecular formula is C12H13BrO3. The fraction of sp³-hybridized carbons (Fsp3) is 0.333. The quantitative estimate of drug-likeness (QED) is 0.474. The number of rotatable bonds is 5. The van der Waals surface area contributed by atoms with E-state index in [-0.39, 0.29) is 23.2 Å². The Morgan fingerprint density at radius 1 is 1.31 bits per heavy atom. The zero-order chi connectivity index (χ0) is 12.0. The lowest BCUT2D eigenvalue weighted by atomic mass is 10.1. The first-order valence-corrected chi connectivity index (χ1v) is 5.89. The molecule has 0 aliphatic heterocycles. The number of alkyl halides is 1. The van der Waals surface area contributed by atoms with E-state index < -0.39 is 0 Å². The van der Waals surface area contributed by atoms with Crippen molar-refractivity contribution < 1.29 is 14.3 Å². The summed E-state index contributed by atoms with van der Waals surface area (Å²) in [6, 6.07) is 9.03. The second kappa shape index (κ2) is 6.43. The fourth-order valence-corrected chi connectivity index (χ4v) is 1.67. The first-order chi connectivity index (χ1) is 7.61. The van der Waals surface area contributed by atoms with Gasteiger partial charge in [0.15, 0.2) is 5.78 Å². The average Bonchev–Trinajstić information content (AvgIpc) is 2.28. The highest BCUT2D eigenvalue weighted by Crippen LogP contribution is 2.13. The Kier molecular flexibility index (Phi) is 5.19. The summed E-state index contributed by atoms with van der Waals surface area (Å²) in [7, 11) is 0. The highest BCUT2D eigenvalue weighted by Gasteiger charge is 2.16. The maximum Gasteiger partial charge on any atom is 0.302 e. The van der Waals surface area contributed by atoms with Crippen molar-refractivity contribution in [2.24, 2.45) is 0 Å². The number of carbonyl (C=O) groups excluding carboxylic acids is 2. The molecule has 0 bridgehead atoms. The number of hydrogen-bond acceptors (Lipinski definition) is 3. The lowest BCUT2D eigenvalue weighted by molar-refractivity contribution is -0.140. The van der Waals surface area contributed by atoms with Gasteiger partial charge < -0.3 is 4.74 Å². The molecule has 3 nitrogen and oxygen atoms in total. The van der Waals surface area contributed by atoms with Crippen molar-refractivity contribution in [1.29, 1.82) is 0 Å². The van der Waals surface area contributed by atoms with Crippen molar-refractivity contribution in [3.05, 3.63) is 35.9 Å². The number of ketones is 1. The summed E-state index contributed by atoms with van der Waals surface area (Å²) >= 11 is 3.29. The van der Waals surface area contributed by atoms with Crippen molar-refractivity contribution >= 4 is 27.7 Å². The second-order valence-electron chi connectivity index (χ2n) is 3.33. The molecule has 1 rings (SSSR count). The number of benzene rings is 1. The smallest absolute Gasteiger partial charge is 0.302 e. The van der Waals surface area contributed by atoms with Crippen molar-refractivity contribution in [3.8, 4) is 0 Å². The van der Waals surface area contributed by atoms with Gasteiger partial charge in [0.25, 0.3) is 0 Å². The van der Waals surface area contributed by atoms with E-state index in [1.807, 2.05) is 18.2 Å². The molecule has 4 heteroatoms. The Balaban J connectivity index is 2.45. The predicted octanol–water partition coefficient (Wildman–Crippen LogP) is 2.59. The minimum atomic E-state index is -0.327. The molecule has 0 N–H and O–H groups in total. The maximum absolute atomic E-state index is 11.8. The lowest BCUT2D eigenvalue weighted by Gasteiger charge is -2.08. The Morgan fingerprint density at radius 3 is 2.50 bits per heavy atom. The summed E-state index contributed by atoms with van der Waals surface area (Å²) in [5, 5.41) is 0. The van der Waals surface area contributed by atoms with Crippen LogP contribution in [0.1, 0.15) is 23.7 Å². The van der Waals surface area contributed by atoms with Crippen LogP contribution < -0.4 is 0 Å². The molecule has 86 valence electrons. The number of ether oxygens (including phenoxy) is 1. The fourth-order valence-electron chi connectivity index (χ4n) is 1.22. The summed E-state index contributed by atoms with van der Waals surface area (Å²) < 4.78 is 4.78. The van der Waals surface area contributed by atoms with Crippen LogP contribution in [0.4, 0.5) is 0 Å². The van der Waals surface area contributed by atoms with Crippen LogP contribution in [0.15, 0.2) is 30.3 Å². The largest absolute Gasteiger partial charge is 0.466 e. The molecule has 1 unspecified atom stereocenters. The van der Waals surface area contributed by atoms with Gasteiger partial charge in [-0.3, -0.25) is 9.59 Å². The van der Waals surface area contributed by atoms with E-state index in [0.29, 0.717) is 12.0 Å². The molecule has 0 spiro atoms. The van der Waals surface area contributed by atoms with Gasteiger partial charge in [0.1, 0.15) is 0 Å². The number of Topliss-reactive ketones (excluding diaryl/α,β-unsaturated/α-hetero) is 1. The van der Waals surface area contributed by atoms with Crippen LogP contribution >= 0.6 is 15.9 Å². The molecule has 0 aliphatic rings. The molecule has 0 aromatic heterocycles. The molecule has 0 heterocycles. The van der Waals surface area contributed by atoms with Crippen LogP contribution in [0.25, 0.3) is 0 Å². The second-order valence-corrected chi connectivity index (χ2v) is 4.43. The van der Waals surface area contributed by atoms with Gasteiger partial charge in [-0.25, -0.2) is 0 Å². The van der Waals surface area contributed by atoms with Crippen LogP contribution in [0.2, 0.25) is 0 Å². The van der Waals surface area contributed by atoms with Gasteiger partial charge in [-0.1, -0.05) is 46.3 Å². The van der Waals surface area contributed by atoms with Crippen molar-refractivity contribution in [2.75, 3.05) is 6.61 Å². The number of esters is 1. The van der Waals surface area contributed by atoms with Gasteiger partial charge >= 0.3 is 5.97 Å². The third kappa shape index (κ3) is 4.14. The molecule has 16 heavy (non-hydrogen) atoms. The molecule has 0 radical (unpaired) electrons. The van der Waals surface area contributed by atoms with Crippen LogP contribution in [0.3, 0.4) is 0 Å². The molecule has 1 aromatic rings. The van der Waals surface area contributed by atoms with Crippen molar-refractivity contribution in [2.45, 2.75) is 18.2 Å². The average molecular weight is 285 g/mol. The monoisotopic (exact) mass is 284 g/mol. The van der Waals surface area contributed by atoms with Gasteiger partial charge in [-0.05, 0) is 0 Å². The van der Waals surface area contributed by atoms with Crippen LogP contribution in [-0.4, -0.2) is 23.2 Å². The molecule has 0 fully saturated rings. The summed E-state index contributed by atoms with van der Waals surface area (Å²) in [6.45, 7) is 1.60. The van der Waals surface area contributed by atoms with Crippen LogP contribution in [0, 0.1) is 0 Å². The van der Waals surface area contributed by atoms with E-state index in [0.717, 1.165) is 0 Å². The van der Waals surface area contributed by atoms with Crippen LogP contribution in [0.5, 0.6) is 0 Å². The van der Waals surface area contributed by atoms with Gasteiger partial charge in [-0.15, -0.1) is 0 Å². The Bertz CT molecular complexity index is 362. The van der Waals surface area contributed by atoms with E-state index in [1.54, 1.807) is 12.1 Å². The first-order valence-electron chi connectivity index (χ1n) is 4.98. The molecule has 0 amide bonds. The summed E-state index contributed by atoms with van der Waals surface area (Å²) in [5.74, 6) is -0.320. The number of hydrogen-bond donors (Lipinski definition) is 0. The van der Waals surface area contributed by atoms with E-state index in [1.165, 1.54) is 6.92 Å². The van der Waals surface area contributed by atoms with Gasteiger partial charge in [-0.2, -0.15) is 0 Å². The highest BCUT2D eigenvalue weighted by molar-refractivity contribution is 9.10. The van der Waals surface area contributed by atoms with E-state index in [2.05, 4.69) is 15.9 Å². The summed E-state index contributed by atoms with van der Waals surface area (Å²) in [4.78, 5) is 22.1. The van der Waals surface area contributed by atoms with Gasteiger partial charge in [0, 0.05) is 18.9 Å². The van der Waals surface area contributed by atoms with Gasteiger partial charge in [0.2, 0.25) is 0 Å². The van der Waals surface area contributed by atoms with Crippen molar-refractivity contribution in [3.63, 3.8) is 0 Å². The molecule has 0 saturated heterocycles. The zero-order valence-electron chi connectivity index (χ0n) is 8.98. The number of carbonyl (C=O) groups is 2. The van der Waals surface area contributed by atoms with Crippen LogP contribution in [-0.2, 0) is 9.53 Å². The lowest BCUT2D eigenvalue weighted by Crippen LogP contribution is -2.17. The Labute approximate surface area is 103 Å². The predicted molar refractivity (Wildman–Crippen MR) is 64.7 cm³/mol. The SMILES string of the molecule is CC(=O)OCCC(Br)C(=O)c1ccccc1. The standard InChI is InChI=1S/C12H13BrO3/c1-9(14)16-8-7-11(13)12(15)10-5-3-2-4-6-10/h2-6,11H,7-8H2,1H3. The maximum atomic E-state index is 11.8. The van der Waals surface area contributed by atoms with Gasteiger partial charge in [0.05, 0.1) is 11.4 Å². The van der Waals surface area contributed by atoms with Crippen molar-refractivity contribution in [1.82, 2.24) is 0 Å². The highest BCUT2D eigenvalue weighted by atomic mass is 79.9. The molecular weight excluding hydrogens is 272 g/mol. The molecule has 0 aliphatic carbocycles. The Morgan fingerprint density at radius 2 is 1.94 bits per heavy atom. The molecule has 0 saturated carbocycles. The first kappa shape index (κ1) is 12.9. The Hall–Kier alpha value is -1.16.